The lowest BCUT2D eigenvalue weighted by atomic mass is 10.0. The smallest absolute Gasteiger partial charge is 0.166 e. The minimum Gasteiger partial charge on any atom is -0.369 e. The Morgan fingerprint density at radius 2 is 1.74 bits per heavy atom. The number of aromatic nitrogens is 1. The van der Waals surface area contributed by atoms with Crippen molar-refractivity contribution in [1.29, 1.82) is 0 Å². The van der Waals surface area contributed by atoms with Gasteiger partial charge in [0.05, 0.1) is 5.56 Å². The Morgan fingerprint density at radius 1 is 1.09 bits per heavy atom. The molecule has 0 saturated heterocycles. The minimum absolute atomic E-state index is 0.187. The van der Waals surface area contributed by atoms with Crippen molar-refractivity contribution in [2.24, 2.45) is 5.92 Å². The molecule has 1 heterocycles. The lowest BCUT2D eigenvalue weighted by molar-refractivity contribution is 0.0968. The quantitative estimate of drug-likeness (QED) is 0.366. The van der Waals surface area contributed by atoms with Crippen molar-refractivity contribution in [2.45, 2.75) is 78.6 Å². The maximum Gasteiger partial charge on any atom is 0.166 e. The Balaban J connectivity index is 2.26. The van der Waals surface area contributed by atoms with Gasteiger partial charge < -0.3 is 5.32 Å². The first-order chi connectivity index (χ1) is 11.1. The molecular weight excluding hydrogens is 284 g/mol. The van der Waals surface area contributed by atoms with E-state index < -0.39 is 0 Å². The second-order valence-corrected chi connectivity index (χ2v) is 6.82. The van der Waals surface area contributed by atoms with Crippen LogP contribution in [0.4, 0.5) is 5.82 Å². The second-order valence-electron chi connectivity index (χ2n) is 6.82. The van der Waals surface area contributed by atoms with Gasteiger partial charge in [-0.25, -0.2) is 4.98 Å². The van der Waals surface area contributed by atoms with E-state index in [1.54, 1.807) is 6.20 Å². The molecule has 0 amide bonds. The number of carbonyl (C=O) groups is 1. The summed E-state index contributed by atoms with van der Waals surface area (Å²) < 4.78 is 0. The molecule has 130 valence electrons. The van der Waals surface area contributed by atoms with Gasteiger partial charge in [0.15, 0.2) is 5.78 Å². The van der Waals surface area contributed by atoms with E-state index >= 15 is 0 Å². The van der Waals surface area contributed by atoms with Crippen LogP contribution in [0.5, 0.6) is 0 Å². The maximum absolute atomic E-state index is 12.3. The molecule has 0 unspecified atom stereocenters. The van der Waals surface area contributed by atoms with Crippen LogP contribution < -0.4 is 5.32 Å². The molecule has 3 nitrogen and oxygen atoms in total. The van der Waals surface area contributed by atoms with Gasteiger partial charge in [-0.05, 0) is 24.5 Å². The summed E-state index contributed by atoms with van der Waals surface area (Å²) in [7, 11) is 0. The Morgan fingerprint density at radius 3 is 2.39 bits per heavy atom. The molecule has 1 aromatic heterocycles. The van der Waals surface area contributed by atoms with E-state index in [1.807, 2.05) is 12.1 Å². The summed E-state index contributed by atoms with van der Waals surface area (Å²) >= 11 is 0. The van der Waals surface area contributed by atoms with Crippen LogP contribution in [0.15, 0.2) is 18.3 Å². The summed E-state index contributed by atoms with van der Waals surface area (Å²) in [5.74, 6) is 1.32. The molecule has 3 heteroatoms. The molecular formula is C20H34N2O. The number of carbonyl (C=O) groups excluding carboxylic acids is 1. The van der Waals surface area contributed by atoms with Gasteiger partial charge in [0.1, 0.15) is 5.82 Å². The number of nitrogens with zero attached hydrogens (tertiary/aromatic N) is 1. The Hall–Kier alpha value is -1.38. The van der Waals surface area contributed by atoms with Crippen molar-refractivity contribution in [3.8, 4) is 0 Å². The summed E-state index contributed by atoms with van der Waals surface area (Å²) in [5.41, 5.74) is 0.737. The highest BCUT2D eigenvalue weighted by Crippen LogP contribution is 2.17. The third-order valence-corrected chi connectivity index (χ3v) is 4.02. The molecule has 0 aliphatic heterocycles. The monoisotopic (exact) mass is 318 g/mol. The zero-order valence-electron chi connectivity index (χ0n) is 15.2. The molecule has 1 aromatic rings. The molecule has 0 bridgehead atoms. The van der Waals surface area contributed by atoms with E-state index in [0.717, 1.165) is 24.3 Å². The number of anilines is 1. The zero-order valence-corrected chi connectivity index (χ0v) is 15.2. The summed E-state index contributed by atoms with van der Waals surface area (Å²) in [6.07, 6.45) is 12.8. The Kier molecular flexibility index (Phi) is 10.3. The molecule has 0 spiro atoms. The zero-order chi connectivity index (χ0) is 16.9. The van der Waals surface area contributed by atoms with Crippen molar-refractivity contribution in [2.75, 3.05) is 11.9 Å². The van der Waals surface area contributed by atoms with Gasteiger partial charge in [-0.1, -0.05) is 65.7 Å². The van der Waals surface area contributed by atoms with Gasteiger partial charge in [0.25, 0.3) is 0 Å². The van der Waals surface area contributed by atoms with Crippen LogP contribution >= 0.6 is 0 Å². The molecule has 0 aliphatic carbocycles. The SMILES string of the molecule is CCCCCCCCCCNc1ncccc1C(=O)CC(C)C. The topological polar surface area (TPSA) is 42.0 Å². The van der Waals surface area contributed by atoms with Crippen molar-refractivity contribution in [3.63, 3.8) is 0 Å². The second kappa shape index (κ2) is 12.1. The van der Waals surface area contributed by atoms with Crippen molar-refractivity contribution < 1.29 is 4.79 Å². The standard InChI is InChI=1S/C20H34N2O/c1-4-5-6-7-8-9-10-11-14-21-20-18(13-12-15-22-20)19(23)16-17(2)3/h12-13,15,17H,4-11,14,16H2,1-3H3,(H,21,22). The van der Waals surface area contributed by atoms with Gasteiger partial charge in [0, 0.05) is 19.2 Å². The number of unbranched alkanes of at least 4 members (excludes halogenated alkanes) is 7. The van der Waals surface area contributed by atoms with Crippen LogP contribution in [0, 0.1) is 5.92 Å². The maximum atomic E-state index is 12.3. The van der Waals surface area contributed by atoms with Gasteiger partial charge in [-0.2, -0.15) is 0 Å². The minimum atomic E-state index is 0.187. The fourth-order valence-electron chi connectivity index (χ4n) is 2.72. The fraction of sp³-hybridized carbons (Fsp3) is 0.700. The molecule has 0 aliphatic rings. The lowest BCUT2D eigenvalue weighted by Gasteiger charge is -2.11. The highest BCUT2D eigenvalue weighted by atomic mass is 16.1. The van der Waals surface area contributed by atoms with E-state index in [1.165, 1.54) is 44.9 Å². The number of pyridine rings is 1. The third-order valence-electron chi connectivity index (χ3n) is 4.02. The van der Waals surface area contributed by atoms with Gasteiger partial charge in [0.2, 0.25) is 0 Å². The molecule has 0 saturated carbocycles. The van der Waals surface area contributed by atoms with E-state index in [0.29, 0.717) is 12.3 Å². The molecule has 1 rings (SSSR count). The number of rotatable bonds is 13. The average Bonchev–Trinajstić information content (AvgIpc) is 2.53. The predicted octanol–water partition coefficient (Wildman–Crippen LogP) is 5.86. The van der Waals surface area contributed by atoms with Crippen LogP contribution in [0.3, 0.4) is 0 Å². The van der Waals surface area contributed by atoms with Gasteiger partial charge >= 0.3 is 0 Å². The summed E-state index contributed by atoms with van der Waals surface area (Å²) in [4.78, 5) is 16.6. The highest BCUT2D eigenvalue weighted by molar-refractivity contribution is 6.00. The molecule has 0 radical (unpaired) electrons. The van der Waals surface area contributed by atoms with Crippen LogP contribution in [-0.4, -0.2) is 17.3 Å². The molecule has 1 N–H and O–H groups in total. The highest BCUT2D eigenvalue weighted by Gasteiger charge is 2.13. The van der Waals surface area contributed by atoms with E-state index in [4.69, 9.17) is 0 Å². The Bertz CT molecular complexity index is 443. The first-order valence-corrected chi connectivity index (χ1v) is 9.37. The first-order valence-electron chi connectivity index (χ1n) is 9.37. The number of hydrogen-bond donors (Lipinski definition) is 1. The number of ketones is 1. The molecule has 23 heavy (non-hydrogen) atoms. The number of nitrogens with one attached hydrogen (secondary N) is 1. The van der Waals surface area contributed by atoms with Crippen molar-refractivity contribution in [1.82, 2.24) is 4.98 Å². The van der Waals surface area contributed by atoms with Crippen LogP contribution in [0.25, 0.3) is 0 Å². The van der Waals surface area contributed by atoms with Crippen LogP contribution in [-0.2, 0) is 0 Å². The van der Waals surface area contributed by atoms with Crippen LogP contribution in [0.1, 0.15) is 88.9 Å². The average molecular weight is 319 g/mol. The molecule has 0 atom stereocenters. The largest absolute Gasteiger partial charge is 0.369 e. The summed E-state index contributed by atoms with van der Waals surface area (Å²) in [6, 6.07) is 3.73. The summed E-state index contributed by atoms with van der Waals surface area (Å²) in [5, 5.41) is 3.35. The lowest BCUT2D eigenvalue weighted by Crippen LogP contribution is -2.11. The first kappa shape index (κ1) is 19.7. The molecule has 0 fully saturated rings. The van der Waals surface area contributed by atoms with Gasteiger partial charge in [-0.15, -0.1) is 0 Å². The predicted molar refractivity (Wildman–Crippen MR) is 99.1 cm³/mol. The number of hydrogen-bond acceptors (Lipinski definition) is 3. The van der Waals surface area contributed by atoms with Crippen LogP contribution in [0.2, 0.25) is 0 Å². The summed E-state index contributed by atoms with van der Waals surface area (Å²) in [6.45, 7) is 7.29. The van der Waals surface area contributed by atoms with E-state index in [2.05, 4.69) is 31.1 Å². The Labute approximate surface area is 142 Å². The third kappa shape index (κ3) is 8.73. The van der Waals surface area contributed by atoms with E-state index in [9.17, 15) is 4.79 Å². The van der Waals surface area contributed by atoms with E-state index in [-0.39, 0.29) is 5.78 Å². The number of Topliss-reactive ketones (excluding diaryl/α,β-unsaturated/α-hetero) is 1. The fourth-order valence-corrected chi connectivity index (χ4v) is 2.72. The normalized spacial score (nSPS) is 11.0. The van der Waals surface area contributed by atoms with Gasteiger partial charge in [-0.3, -0.25) is 4.79 Å². The van der Waals surface area contributed by atoms with Crippen molar-refractivity contribution >= 4 is 11.6 Å². The molecule has 0 aromatic carbocycles. The van der Waals surface area contributed by atoms with Crippen molar-refractivity contribution in [3.05, 3.63) is 23.9 Å².